The number of rotatable bonds is 4. The molecule has 1 saturated carbocycles. The number of aromatic nitrogens is 2. The average Bonchev–Trinajstić information content (AvgIpc) is 3.40. The number of benzene rings is 2. The molecule has 1 aliphatic carbocycles. The van der Waals surface area contributed by atoms with Gasteiger partial charge in [0.2, 0.25) is 0 Å². The maximum absolute atomic E-state index is 14.8. The minimum Gasteiger partial charge on any atom is -0.319 e. The molecule has 1 heterocycles. The van der Waals surface area contributed by atoms with E-state index >= 15 is 0 Å². The predicted molar refractivity (Wildman–Crippen MR) is 105 cm³/mol. The van der Waals surface area contributed by atoms with Gasteiger partial charge in [-0.25, -0.2) is 9.07 Å². The first-order chi connectivity index (χ1) is 12.9. The molecule has 1 aliphatic rings. The highest BCUT2D eigenvalue weighted by Crippen LogP contribution is 2.41. The fraction of sp³-hybridized carbons (Fsp3) is 0.200. The Morgan fingerprint density at radius 3 is 2.52 bits per heavy atom. The first-order valence-corrected chi connectivity index (χ1v) is 9.31. The Bertz CT molecular complexity index is 1020. The molecule has 0 atom stereocenters. The number of aryl methyl sites for hydroxylation is 1. The summed E-state index contributed by atoms with van der Waals surface area (Å²) >= 11 is 12.1. The molecule has 1 fully saturated rings. The largest absolute Gasteiger partial charge is 0.319 e. The van der Waals surface area contributed by atoms with E-state index in [1.165, 1.54) is 6.07 Å². The molecule has 0 saturated heterocycles. The van der Waals surface area contributed by atoms with E-state index in [9.17, 15) is 9.18 Å². The van der Waals surface area contributed by atoms with Crippen molar-refractivity contribution in [1.82, 2.24) is 9.78 Å². The SMILES string of the molecule is Cc1cc(C2CC2)n(-c2ccc(C(=O)Nc3c(Cl)cccc3Cl)cc2F)n1. The van der Waals surface area contributed by atoms with Gasteiger partial charge >= 0.3 is 0 Å². The van der Waals surface area contributed by atoms with Crippen molar-refractivity contribution in [3.63, 3.8) is 0 Å². The monoisotopic (exact) mass is 403 g/mol. The summed E-state index contributed by atoms with van der Waals surface area (Å²) < 4.78 is 16.4. The maximum atomic E-state index is 14.8. The highest BCUT2D eigenvalue weighted by molar-refractivity contribution is 6.40. The van der Waals surface area contributed by atoms with Gasteiger partial charge in [0, 0.05) is 17.2 Å². The average molecular weight is 404 g/mol. The molecule has 138 valence electrons. The summed E-state index contributed by atoms with van der Waals surface area (Å²) in [5.41, 5.74) is 2.65. The molecule has 4 nitrogen and oxygen atoms in total. The zero-order chi connectivity index (χ0) is 19.1. The number of anilines is 1. The highest BCUT2D eigenvalue weighted by Gasteiger charge is 2.29. The van der Waals surface area contributed by atoms with Gasteiger partial charge in [0.05, 0.1) is 21.4 Å². The van der Waals surface area contributed by atoms with Crippen molar-refractivity contribution in [2.45, 2.75) is 25.7 Å². The first kappa shape index (κ1) is 18.0. The van der Waals surface area contributed by atoms with Gasteiger partial charge in [-0.2, -0.15) is 5.10 Å². The van der Waals surface area contributed by atoms with Gasteiger partial charge in [-0.1, -0.05) is 29.3 Å². The van der Waals surface area contributed by atoms with E-state index < -0.39 is 11.7 Å². The van der Waals surface area contributed by atoms with Crippen LogP contribution in [0, 0.1) is 12.7 Å². The molecule has 0 bridgehead atoms. The number of halogens is 3. The molecular weight excluding hydrogens is 388 g/mol. The Balaban J connectivity index is 1.63. The lowest BCUT2D eigenvalue weighted by molar-refractivity contribution is 0.102. The lowest BCUT2D eigenvalue weighted by Gasteiger charge is -2.11. The smallest absolute Gasteiger partial charge is 0.255 e. The number of hydrogen-bond donors (Lipinski definition) is 1. The Labute approximate surface area is 165 Å². The summed E-state index contributed by atoms with van der Waals surface area (Å²) in [7, 11) is 0. The molecule has 27 heavy (non-hydrogen) atoms. The van der Waals surface area contributed by atoms with Gasteiger partial charge in [0.1, 0.15) is 11.5 Å². The Kier molecular flexibility index (Phi) is 4.66. The van der Waals surface area contributed by atoms with E-state index in [0.29, 0.717) is 27.3 Å². The zero-order valence-electron chi connectivity index (χ0n) is 14.5. The normalized spacial score (nSPS) is 13.6. The lowest BCUT2D eigenvalue weighted by atomic mass is 10.1. The van der Waals surface area contributed by atoms with E-state index in [1.54, 1.807) is 35.0 Å². The van der Waals surface area contributed by atoms with Crippen molar-refractivity contribution in [1.29, 1.82) is 0 Å². The van der Waals surface area contributed by atoms with Gasteiger partial charge in [-0.3, -0.25) is 4.79 Å². The number of hydrogen-bond acceptors (Lipinski definition) is 2. The Morgan fingerprint density at radius 2 is 1.89 bits per heavy atom. The van der Waals surface area contributed by atoms with Gasteiger partial charge in [0.25, 0.3) is 5.91 Å². The molecule has 1 aromatic heterocycles. The topological polar surface area (TPSA) is 46.9 Å². The van der Waals surface area contributed by atoms with Gasteiger partial charge in [-0.05, 0) is 56.2 Å². The van der Waals surface area contributed by atoms with Gasteiger partial charge in [0.15, 0.2) is 0 Å². The van der Waals surface area contributed by atoms with E-state index in [2.05, 4.69) is 10.4 Å². The molecule has 1 N–H and O–H groups in total. The third-order valence-electron chi connectivity index (χ3n) is 4.49. The Hall–Kier alpha value is -2.37. The quantitative estimate of drug-likeness (QED) is 0.601. The predicted octanol–water partition coefficient (Wildman–Crippen LogP) is 5.76. The van der Waals surface area contributed by atoms with Crippen LogP contribution in [0.3, 0.4) is 0 Å². The molecule has 0 unspecified atom stereocenters. The van der Waals surface area contributed by atoms with Crippen LogP contribution in [0.1, 0.15) is 40.5 Å². The molecular formula is C20H16Cl2FN3O. The third kappa shape index (κ3) is 3.57. The first-order valence-electron chi connectivity index (χ1n) is 8.56. The summed E-state index contributed by atoms with van der Waals surface area (Å²) in [6.07, 6.45) is 2.18. The lowest BCUT2D eigenvalue weighted by Crippen LogP contribution is -2.14. The molecule has 0 spiro atoms. The van der Waals surface area contributed by atoms with Crippen LogP contribution in [0.2, 0.25) is 10.0 Å². The van der Waals surface area contributed by atoms with Crippen molar-refractivity contribution >= 4 is 34.8 Å². The molecule has 0 aliphatic heterocycles. The third-order valence-corrected chi connectivity index (χ3v) is 5.12. The number of amides is 1. The summed E-state index contributed by atoms with van der Waals surface area (Å²) in [5, 5.41) is 7.67. The van der Waals surface area contributed by atoms with Crippen LogP contribution in [-0.2, 0) is 0 Å². The van der Waals surface area contributed by atoms with Gasteiger partial charge in [-0.15, -0.1) is 0 Å². The molecule has 0 radical (unpaired) electrons. The second-order valence-electron chi connectivity index (χ2n) is 6.61. The van der Waals surface area contributed by atoms with E-state index in [-0.39, 0.29) is 5.56 Å². The number of carbonyl (C=O) groups excluding carboxylic acids is 1. The maximum Gasteiger partial charge on any atom is 0.255 e. The molecule has 2 aromatic carbocycles. The standard InChI is InChI=1S/C20H16Cl2FN3O/c1-11-9-18(12-5-6-12)26(25-11)17-8-7-13(10-16(17)23)20(27)24-19-14(21)3-2-4-15(19)22/h2-4,7-10,12H,5-6H2,1H3,(H,24,27). The van der Waals surface area contributed by atoms with Crippen LogP contribution in [-0.4, -0.2) is 15.7 Å². The fourth-order valence-corrected chi connectivity index (χ4v) is 3.50. The summed E-state index contributed by atoms with van der Waals surface area (Å²) in [6.45, 7) is 1.88. The number of carbonyl (C=O) groups is 1. The van der Waals surface area contributed by atoms with Crippen LogP contribution in [0.15, 0.2) is 42.5 Å². The van der Waals surface area contributed by atoms with Crippen LogP contribution in [0.4, 0.5) is 10.1 Å². The van der Waals surface area contributed by atoms with Crippen molar-refractivity contribution in [2.24, 2.45) is 0 Å². The molecule has 1 amide bonds. The molecule has 7 heteroatoms. The van der Waals surface area contributed by atoms with Crippen molar-refractivity contribution in [3.8, 4) is 5.69 Å². The van der Waals surface area contributed by atoms with Crippen LogP contribution in [0.5, 0.6) is 0 Å². The number of nitrogens with zero attached hydrogens (tertiary/aromatic N) is 2. The zero-order valence-corrected chi connectivity index (χ0v) is 16.0. The van der Waals surface area contributed by atoms with Crippen LogP contribution >= 0.6 is 23.2 Å². The molecule has 4 rings (SSSR count). The van der Waals surface area contributed by atoms with Gasteiger partial charge < -0.3 is 5.32 Å². The summed E-state index contributed by atoms with van der Waals surface area (Å²) in [4.78, 5) is 12.5. The molecule has 3 aromatic rings. The second-order valence-corrected chi connectivity index (χ2v) is 7.43. The van der Waals surface area contributed by atoms with Crippen molar-refractivity contribution in [2.75, 3.05) is 5.32 Å². The summed E-state index contributed by atoms with van der Waals surface area (Å²) in [6, 6.07) is 11.2. The van der Waals surface area contributed by atoms with E-state index in [1.807, 2.05) is 13.0 Å². The summed E-state index contributed by atoms with van der Waals surface area (Å²) in [5.74, 6) is -0.580. The minimum atomic E-state index is -0.516. The van der Waals surface area contributed by atoms with E-state index in [4.69, 9.17) is 23.2 Å². The highest BCUT2D eigenvalue weighted by atomic mass is 35.5. The minimum absolute atomic E-state index is 0.170. The Morgan fingerprint density at radius 1 is 1.19 bits per heavy atom. The van der Waals surface area contributed by atoms with Crippen LogP contribution < -0.4 is 5.32 Å². The van der Waals surface area contributed by atoms with Crippen molar-refractivity contribution < 1.29 is 9.18 Å². The van der Waals surface area contributed by atoms with E-state index in [0.717, 1.165) is 24.2 Å². The number of nitrogens with one attached hydrogen (secondary N) is 1. The second kappa shape index (κ2) is 6.98. The fourth-order valence-electron chi connectivity index (χ4n) is 3.01. The van der Waals surface area contributed by atoms with Crippen molar-refractivity contribution in [3.05, 3.63) is 75.3 Å². The number of para-hydroxylation sites is 1. The van der Waals surface area contributed by atoms with Crippen LogP contribution in [0.25, 0.3) is 5.69 Å².